The zero-order chi connectivity index (χ0) is 25.4. The average molecular weight is 532 g/mol. The molecule has 1 aliphatic carbocycles. The number of amides is 1. The van der Waals surface area contributed by atoms with E-state index >= 15 is 0 Å². The van der Waals surface area contributed by atoms with Gasteiger partial charge in [0.15, 0.2) is 6.29 Å². The molecule has 2 unspecified atom stereocenters. The molecule has 0 bridgehead atoms. The molecule has 1 amide bonds. The predicted octanol–water partition coefficient (Wildman–Crippen LogP) is 2.63. The van der Waals surface area contributed by atoms with Crippen molar-refractivity contribution in [3.63, 3.8) is 0 Å². The lowest BCUT2D eigenvalue weighted by Crippen LogP contribution is -2.48. The van der Waals surface area contributed by atoms with Crippen LogP contribution >= 0.6 is 11.6 Å². The van der Waals surface area contributed by atoms with Crippen LogP contribution in [0, 0.1) is 11.8 Å². The molecule has 192 valence electrons. The normalized spacial score (nSPS) is 22.8. The van der Waals surface area contributed by atoms with Gasteiger partial charge in [-0.3, -0.25) is 4.79 Å². The summed E-state index contributed by atoms with van der Waals surface area (Å²) in [6.07, 6.45) is 3.68. The van der Waals surface area contributed by atoms with Crippen LogP contribution in [0.15, 0.2) is 59.5 Å². The van der Waals surface area contributed by atoms with Crippen LogP contribution in [0.2, 0.25) is 5.02 Å². The van der Waals surface area contributed by atoms with E-state index in [2.05, 4.69) is 4.90 Å². The first-order valence-electron chi connectivity index (χ1n) is 12.2. The molecule has 0 radical (unpaired) electrons. The number of rotatable bonds is 5. The third-order valence-electron chi connectivity index (χ3n) is 7.44. The molecule has 3 aliphatic rings. The third-order valence-corrected chi connectivity index (χ3v) is 9.57. The van der Waals surface area contributed by atoms with E-state index in [1.807, 2.05) is 36.4 Å². The van der Waals surface area contributed by atoms with Crippen LogP contribution in [0.4, 0.5) is 11.4 Å². The highest BCUT2D eigenvalue weighted by Crippen LogP contribution is 2.36. The fraction of sp³-hybridized carbons (Fsp3) is 0.423. The van der Waals surface area contributed by atoms with Crippen molar-refractivity contribution >= 4 is 38.9 Å². The molecule has 2 aliphatic heterocycles. The van der Waals surface area contributed by atoms with Gasteiger partial charge in [0.1, 0.15) is 0 Å². The van der Waals surface area contributed by atoms with Gasteiger partial charge in [-0.2, -0.15) is 4.31 Å². The molecule has 2 N–H and O–H groups in total. The van der Waals surface area contributed by atoms with E-state index in [1.165, 1.54) is 4.31 Å². The van der Waals surface area contributed by atoms with Gasteiger partial charge in [0.25, 0.3) is 0 Å². The van der Waals surface area contributed by atoms with E-state index in [0.717, 1.165) is 11.3 Å². The summed E-state index contributed by atoms with van der Waals surface area (Å²) in [4.78, 5) is 17.3. The third kappa shape index (κ3) is 4.78. The van der Waals surface area contributed by atoms with Crippen molar-refractivity contribution in [3.8, 4) is 0 Å². The number of nitrogens with zero attached hydrogens (tertiary/aromatic N) is 3. The standard InChI is InChI=1S/C26H30ClN3O5S/c27-19-4-3-5-20(17-19)28-12-14-29(15-13-28)36(34,35)21-8-9-24-18(16-21)10-11-30(24)25(31)22-6-1-2-7-23(22)26(32)33/h1-5,8-9,16-17,22-23,26,32-33H,6-7,10-15H2. The van der Waals surface area contributed by atoms with Crippen molar-refractivity contribution in [2.45, 2.75) is 30.4 Å². The molecule has 0 saturated carbocycles. The van der Waals surface area contributed by atoms with Gasteiger partial charge in [-0.05, 0) is 61.2 Å². The van der Waals surface area contributed by atoms with Gasteiger partial charge in [0.2, 0.25) is 15.9 Å². The minimum atomic E-state index is -3.67. The number of aliphatic hydroxyl groups excluding tert-OH is 1. The fourth-order valence-corrected chi connectivity index (χ4v) is 7.08. The van der Waals surface area contributed by atoms with Crippen molar-refractivity contribution in [1.82, 2.24) is 4.31 Å². The second-order valence-electron chi connectivity index (χ2n) is 9.53. The number of allylic oxidation sites excluding steroid dienone is 2. The highest BCUT2D eigenvalue weighted by molar-refractivity contribution is 7.89. The number of sulfonamides is 1. The van der Waals surface area contributed by atoms with E-state index in [0.29, 0.717) is 62.7 Å². The molecule has 10 heteroatoms. The van der Waals surface area contributed by atoms with Gasteiger partial charge in [0, 0.05) is 61.0 Å². The molecule has 2 aromatic rings. The van der Waals surface area contributed by atoms with Gasteiger partial charge in [-0.1, -0.05) is 29.8 Å². The molecule has 1 fully saturated rings. The molecular weight excluding hydrogens is 502 g/mol. The highest BCUT2D eigenvalue weighted by Gasteiger charge is 2.38. The Labute approximate surface area is 216 Å². The maximum absolute atomic E-state index is 13.4. The van der Waals surface area contributed by atoms with Gasteiger partial charge in [-0.15, -0.1) is 0 Å². The first kappa shape index (κ1) is 25.2. The van der Waals surface area contributed by atoms with Crippen molar-refractivity contribution < 1.29 is 23.4 Å². The van der Waals surface area contributed by atoms with Crippen LogP contribution < -0.4 is 9.80 Å². The number of halogens is 1. The molecule has 1 saturated heterocycles. The van der Waals surface area contributed by atoms with Crippen molar-refractivity contribution in [2.24, 2.45) is 11.8 Å². The van der Waals surface area contributed by atoms with Gasteiger partial charge < -0.3 is 20.0 Å². The Kier molecular flexibility index (Phi) is 7.11. The Morgan fingerprint density at radius 2 is 1.72 bits per heavy atom. The molecule has 0 spiro atoms. The Balaban J connectivity index is 1.30. The number of fused-ring (bicyclic) bond motifs is 1. The summed E-state index contributed by atoms with van der Waals surface area (Å²) in [5.41, 5.74) is 2.49. The largest absolute Gasteiger partial charge is 0.369 e. The SMILES string of the molecule is O=C(C1CC=CCC1C(O)O)N1CCc2cc(S(=O)(=O)N3CCN(c4cccc(Cl)c4)CC3)ccc21. The smallest absolute Gasteiger partial charge is 0.243 e. The number of aliphatic hydroxyl groups is 2. The number of anilines is 2. The summed E-state index contributed by atoms with van der Waals surface area (Å²) < 4.78 is 28.3. The van der Waals surface area contributed by atoms with Gasteiger partial charge >= 0.3 is 0 Å². The predicted molar refractivity (Wildman–Crippen MR) is 139 cm³/mol. The zero-order valence-corrected chi connectivity index (χ0v) is 21.4. The van der Waals surface area contributed by atoms with Crippen molar-refractivity contribution in [2.75, 3.05) is 42.5 Å². The van der Waals surface area contributed by atoms with E-state index in [1.54, 1.807) is 23.1 Å². The molecular formula is C26H30ClN3O5S. The van der Waals surface area contributed by atoms with Gasteiger partial charge in [0.05, 0.1) is 4.90 Å². The van der Waals surface area contributed by atoms with Crippen molar-refractivity contribution in [1.29, 1.82) is 0 Å². The van der Waals surface area contributed by atoms with Crippen LogP contribution in [0.5, 0.6) is 0 Å². The summed E-state index contributed by atoms with van der Waals surface area (Å²) in [6, 6.07) is 12.5. The lowest BCUT2D eigenvalue weighted by atomic mass is 9.81. The minimum Gasteiger partial charge on any atom is -0.369 e. The molecule has 2 atom stereocenters. The van der Waals surface area contributed by atoms with E-state index < -0.39 is 28.1 Å². The summed E-state index contributed by atoms with van der Waals surface area (Å²) in [6.45, 7) is 2.33. The maximum Gasteiger partial charge on any atom is 0.243 e. The van der Waals surface area contributed by atoms with Crippen LogP contribution in [-0.4, -0.2) is 67.9 Å². The molecule has 2 heterocycles. The second kappa shape index (κ2) is 10.1. The van der Waals surface area contributed by atoms with Crippen molar-refractivity contribution in [3.05, 3.63) is 65.2 Å². The molecule has 0 aromatic heterocycles. The molecule has 2 aromatic carbocycles. The molecule has 5 rings (SSSR count). The Morgan fingerprint density at radius 1 is 0.972 bits per heavy atom. The quantitative estimate of drug-likeness (QED) is 0.454. The van der Waals surface area contributed by atoms with Crippen LogP contribution in [0.1, 0.15) is 18.4 Å². The lowest BCUT2D eigenvalue weighted by Gasteiger charge is -2.35. The number of hydrogen-bond acceptors (Lipinski definition) is 6. The summed E-state index contributed by atoms with van der Waals surface area (Å²) in [5, 5.41) is 20.1. The van der Waals surface area contributed by atoms with Crippen LogP contribution in [0.3, 0.4) is 0 Å². The molecule has 8 nitrogen and oxygen atoms in total. The summed E-state index contributed by atoms with van der Waals surface area (Å²) in [7, 11) is -3.67. The monoisotopic (exact) mass is 531 g/mol. The number of benzene rings is 2. The van der Waals surface area contributed by atoms with Crippen LogP contribution in [-0.2, 0) is 21.2 Å². The number of hydrogen-bond donors (Lipinski definition) is 2. The highest BCUT2D eigenvalue weighted by atomic mass is 35.5. The Morgan fingerprint density at radius 3 is 2.44 bits per heavy atom. The second-order valence-corrected chi connectivity index (χ2v) is 11.9. The summed E-state index contributed by atoms with van der Waals surface area (Å²) in [5.74, 6) is -1.21. The first-order chi connectivity index (χ1) is 17.3. The molecule has 36 heavy (non-hydrogen) atoms. The fourth-order valence-electron chi connectivity index (χ4n) is 5.42. The Hall–Kier alpha value is -2.43. The average Bonchev–Trinajstić information content (AvgIpc) is 3.32. The van der Waals surface area contributed by atoms with E-state index in [9.17, 15) is 23.4 Å². The first-order valence-corrected chi connectivity index (χ1v) is 14.0. The lowest BCUT2D eigenvalue weighted by molar-refractivity contribution is -0.136. The Bertz CT molecular complexity index is 1270. The minimum absolute atomic E-state index is 0.149. The zero-order valence-electron chi connectivity index (χ0n) is 19.8. The van der Waals surface area contributed by atoms with Crippen LogP contribution in [0.25, 0.3) is 0 Å². The number of carbonyl (C=O) groups is 1. The maximum atomic E-state index is 13.4. The van der Waals surface area contributed by atoms with Gasteiger partial charge in [-0.25, -0.2) is 8.42 Å². The number of carbonyl (C=O) groups excluding carboxylic acids is 1. The van der Waals surface area contributed by atoms with E-state index in [-0.39, 0.29) is 10.8 Å². The summed E-state index contributed by atoms with van der Waals surface area (Å²) >= 11 is 6.10. The topological polar surface area (TPSA) is 101 Å². The van der Waals surface area contributed by atoms with E-state index in [4.69, 9.17) is 11.6 Å². The number of piperazine rings is 1.